The van der Waals surface area contributed by atoms with Crippen LogP contribution in [0.2, 0.25) is 0 Å². The monoisotopic (exact) mass is 428 g/mol. The largest absolute Gasteiger partial charge is 0.512 e. The van der Waals surface area contributed by atoms with Gasteiger partial charge in [0.2, 0.25) is 0 Å². The zero-order valence-corrected chi connectivity index (χ0v) is 13.0. The van der Waals surface area contributed by atoms with Gasteiger partial charge in [0.05, 0.1) is 31.4 Å². The minimum absolute atomic E-state index is 0.440. The molecule has 0 bridgehead atoms. The maximum absolute atomic E-state index is 12.3. The van der Waals surface area contributed by atoms with Crippen LogP contribution in [-0.2, 0) is 4.79 Å². The number of hydrogen-bond donors (Lipinski definition) is 1. The van der Waals surface area contributed by atoms with E-state index in [1.165, 1.54) is 0 Å². The third kappa shape index (κ3) is 13.2. The molecule has 0 aliphatic carbocycles. The van der Waals surface area contributed by atoms with Crippen LogP contribution >= 0.6 is 0 Å². The molecule has 0 rings (SSSR count). The summed E-state index contributed by atoms with van der Waals surface area (Å²) in [6.07, 6.45) is -30.7. The van der Waals surface area contributed by atoms with Crippen LogP contribution in [0, 0.1) is 11.8 Å². The van der Waals surface area contributed by atoms with E-state index in [0.29, 0.717) is 0 Å². The van der Waals surface area contributed by atoms with E-state index in [1.54, 1.807) is 0 Å². The average molecular weight is 428 g/mol. The molecule has 0 aliphatic rings. The number of halogens is 12. The first-order valence-electron chi connectivity index (χ1n) is 6.90. The van der Waals surface area contributed by atoms with E-state index in [9.17, 15) is 62.6 Å². The molecule has 0 amide bonds. The molecular formula is C13H12F12O2. The van der Waals surface area contributed by atoms with Gasteiger partial charge in [0.25, 0.3) is 0 Å². The van der Waals surface area contributed by atoms with Crippen molar-refractivity contribution in [1.29, 1.82) is 0 Å². The van der Waals surface area contributed by atoms with E-state index >= 15 is 0 Å². The van der Waals surface area contributed by atoms with Gasteiger partial charge < -0.3 is 5.11 Å². The quantitative estimate of drug-likeness (QED) is 0.305. The normalized spacial score (nSPS) is 15.0. The fraction of sp³-hybridized carbons (Fsp3) is 0.769. The second-order valence-corrected chi connectivity index (χ2v) is 5.64. The lowest BCUT2D eigenvalue weighted by Crippen LogP contribution is -2.28. The molecule has 14 heteroatoms. The summed E-state index contributed by atoms with van der Waals surface area (Å²) in [4.78, 5) is 11.5. The maximum Gasteiger partial charge on any atom is 0.389 e. The maximum atomic E-state index is 12.3. The van der Waals surface area contributed by atoms with Gasteiger partial charge in [-0.3, -0.25) is 4.79 Å². The van der Waals surface area contributed by atoms with Crippen molar-refractivity contribution in [2.75, 3.05) is 0 Å². The first kappa shape index (κ1) is 25.4. The van der Waals surface area contributed by atoms with Crippen LogP contribution in [0.1, 0.15) is 25.7 Å². The molecule has 0 saturated carbocycles. The number of hydrogen-bond acceptors (Lipinski definition) is 2. The molecule has 27 heavy (non-hydrogen) atoms. The summed E-state index contributed by atoms with van der Waals surface area (Å²) in [6, 6.07) is 0. The standard InChI is InChI=1S/C13H12F12O2/c14-10(15,16)2-6(3-11(17,18)19)8(26)1-9(27)7(4-12(20,21)22)5-13(23,24)25/h1,6-7,26H,2-5H2/b8-1-. The third-order valence-electron chi connectivity index (χ3n) is 3.02. The van der Waals surface area contributed by atoms with E-state index in [0.717, 1.165) is 0 Å². The van der Waals surface area contributed by atoms with Gasteiger partial charge in [-0.25, -0.2) is 0 Å². The number of alkyl halides is 12. The number of rotatable bonds is 7. The summed E-state index contributed by atoms with van der Waals surface area (Å²) in [6.45, 7) is 0. The number of aliphatic hydroxyl groups excluding tert-OH is 1. The van der Waals surface area contributed by atoms with Crippen molar-refractivity contribution < 1.29 is 62.6 Å². The van der Waals surface area contributed by atoms with Gasteiger partial charge >= 0.3 is 24.7 Å². The molecule has 160 valence electrons. The van der Waals surface area contributed by atoms with Gasteiger partial charge in [0, 0.05) is 17.9 Å². The first-order valence-corrected chi connectivity index (χ1v) is 6.90. The molecule has 1 N–H and O–H groups in total. The summed E-state index contributed by atoms with van der Waals surface area (Å²) in [5.41, 5.74) is 0. The summed E-state index contributed by atoms with van der Waals surface area (Å²) in [5.74, 6) is -9.63. The minimum atomic E-state index is -5.27. The van der Waals surface area contributed by atoms with E-state index < -0.39 is 79.8 Å². The molecule has 0 aliphatic heterocycles. The molecule has 0 radical (unpaired) electrons. The highest BCUT2D eigenvalue weighted by Crippen LogP contribution is 2.37. The highest BCUT2D eigenvalue weighted by molar-refractivity contribution is 5.92. The smallest absolute Gasteiger partial charge is 0.389 e. The van der Waals surface area contributed by atoms with Gasteiger partial charge in [-0.15, -0.1) is 0 Å². The Morgan fingerprint density at radius 1 is 0.630 bits per heavy atom. The Kier molecular flexibility index (Phi) is 8.07. The molecule has 0 aromatic rings. The van der Waals surface area contributed by atoms with Crippen molar-refractivity contribution in [2.24, 2.45) is 11.8 Å². The second-order valence-electron chi connectivity index (χ2n) is 5.64. The molecule has 0 heterocycles. The van der Waals surface area contributed by atoms with Crippen molar-refractivity contribution in [1.82, 2.24) is 0 Å². The van der Waals surface area contributed by atoms with E-state index in [1.807, 2.05) is 0 Å². The van der Waals surface area contributed by atoms with Crippen molar-refractivity contribution in [3.8, 4) is 0 Å². The van der Waals surface area contributed by atoms with E-state index in [-0.39, 0.29) is 0 Å². The van der Waals surface area contributed by atoms with Gasteiger partial charge in [0.15, 0.2) is 5.78 Å². The number of allylic oxidation sites excluding steroid dienone is 2. The molecule has 2 nitrogen and oxygen atoms in total. The zero-order valence-electron chi connectivity index (χ0n) is 13.0. The molecule has 0 aromatic carbocycles. The van der Waals surface area contributed by atoms with Crippen molar-refractivity contribution >= 4 is 5.78 Å². The second kappa shape index (κ2) is 8.59. The highest BCUT2D eigenvalue weighted by atomic mass is 19.4. The van der Waals surface area contributed by atoms with Crippen LogP contribution in [0.25, 0.3) is 0 Å². The van der Waals surface area contributed by atoms with E-state index in [4.69, 9.17) is 0 Å². The molecule has 0 aromatic heterocycles. The molecular weight excluding hydrogens is 416 g/mol. The number of ketones is 1. The molecule has 0 saturated heterocycles. The SMILES string of the molecule is O=C(/C=C(\O)C(CC(F)(F)F)CC(F)(F)F)C(CC(F)(F)F)CC(F)(F)F. The number of aliphatic hydroxyl groups is 1. The summed E-state index contributed by atoms with van der Waals surface area (Å²) >= 11 is 0. The minimum Gasteiger partial charge on any atom is -0.512 e. The molecule has 0 unspecified atom stereocenters. The lowest BCUT2D eigenvalue weighted by Gasteiger charge is -2.21. The van der Waals surface area contributed by atoms with Gasteiger partial charge in [0.1, 0.15) is 0 Å². The Hall–Kier alpha value is -1.63. The Morgan fingerprint density at radius 2 is 0.889 bits per heavy atom. The predicted octanol–water partition coefficient (Wildman–Crippen LogP) is 6.04. The third-order valence-corrected chi connectivity index (χ3v) is 3.02. The zero-order chi connectivity index (χ0) is 21.8. The van der Waals surface area contributed by atoms with Crippen molar-refractivity contribution in [3.63, 3.8) is 0 Å². The van der Waals surface area contributed by atoms with Gasteiger partial charge in [-0.2, -0.15) is 52.7 Å². The molecule has 0 spiro atoms. The van der Waals surface area contributed by atoms with Crippen LogP contribution in [0.5, 0.6) is 0 Å². The van der Waals surface area contributed by atoms with Crippen LogP contribution in [0.15, 0.2) is 11.8 Å². The van der Waals surface area contributed by atoms with Gasteiger partial charge in [-0.05, 0) is 0 Å². The van der Waals surface area contributed by atoms with Crippen LogP contribution in [-0.4, -0.2) is 35.6 Å². The van der Waals surface area contributed by atoms with Crippen molar-refractivity contribution in [3.05, 3.63) is 11.8 Å². The Morgan fingerprint density at radius 3 is 1.15 bits per heavy atom. The lowest BCUT2D eigenvalue weighted by molar-refractivity contribution is -0.176. The number of carbonyl (C=O) groups is 1. The predicted molar refractivity (Wildman–Crippen MR) is 65.4 cm³/mol. The van der Waals surface area contributed by atoms with Crippen LogP contribution < -0.4 is 0 Å². The summed E-state index contributed by atoms with van der Waals surface area (Å²) in [5, 5.41) is 9.33. The van der Waals surface area contributed by atoms with E-state index in [2.05, 4.69) is 0 Å². The highest BCUT2D eigenvalue weighted by Gasteiger charge is 2.43. The topological polar surface area (TPSA) is 37.3 Å². The molecule has 0 atom stereocenters. The summed E-state index contributed by atoms with van der Waals surface area (Å²) < 4.78 is 147. The fourth-order valence-electron chi connectivity index (χ4n) is 2.05. The number of carbonyl (C=O) groups excluding carboxylic acids is 1. The van der Waals surface area contributed by atoms with Crippen LogP contribution in [0.3, 0.4) is 0 Å². The summed E-state index contributed by atoms with van der Waals surface area (Å²) in [7, 11) is 0. The Labute approximate surface area is 143 Å². The Balaban J connectivity index is 5.63. The van der Waals surface area contributed by atoms with Gasteiger partial charge in [-0.1, -0.05) is 0 Å². The first-order chi connectivity index (χ1) is 11.7. The molecule has 0 fully saturated rings. The average Bonchev–Trinajstić information content (AvgIpc) is 2.29. The van der Waals surface area contributed by atoms with Crippen LogP contribution in [0.4, 0.5) is 52.7 Å². The van der Waals surface area contributed by atoms with Crippen molar-refractivity contribution in [2.45, 2.75) is 50.4 Å². The Bertz CT molecular complexity index is 491. The lowest BCUT2D eigenvalue weighted by atomic mass is 9.92. The fourth-order valence-corrected chi connectivity index (χ4v) is 2.05.